The van der Waals surface area contributed by atoms with Crippen LogP contribution in [0.25, 0.3) is 0 Å². The van der Waals surface area contributed by atoms with Gasteiger partial charge in [0, 0.05) is 18.8 Å². The summed E-state index contributed by atoms with van der Waals surface area (Å²) in [6, 6.07) is 17.8. The number of para-hydroxylation sites is 1. The van der Waals surface area contributed by atoms with E-state index in [1.165, 1.54) is 11.1 Å². The monoisotopic (exact) mass is 322 g/mol. The second kappa shape index (κ2) is 7.30. The Kier molecular flexibility index (Phi) is 4.94. The molecule has 3 rings (SSSR count). The summed E-state index contributed by atoms with van der Waals surface area (Å²) in [6.07, 6.45) is 1.35. The molecule has 124 valence electrons. The Hall–Kier alpha value is -2.62. The number of hydrogen-bond acceptors (Lipinski definition) is 2. The SMILES string of the molecule is Cc1ccc(CCNC(=O)[C@@H]2CCN(c3ccccc3)C2=O)cc1. The summed E-state index contributed by atoms with van der Waals surface area (Å²) in [4.78, 5) is 26.5. The fourth-order valence-electron chi connectivity index (χ4n) is 3.00. The van der Waals surface area contributed by atoms with Crippen molar-refractivity contribution < 1.29 is 9.59 Å². The number of carbonyl (C=O) groups is 2. The summed E-state index contributed by atoms with van der Waals surface area (Å²) >= 11 is 0. The molecule has 0 aliphatic carbocycles. The van der Waals surface area contributed by atoms with E-state index in [1.807, 2.05) is 30.3 Å². The number of nitrogens with one attached hydrogen (secondary N) is 1. The van der Waals surface area contributed by atoms with Gasteiger partial charge in [-0.25, -0.2) is 0 Å². The molecule has 1 atom stereocenters. The van der Waals surface area contributed by atoms with Gasteiger partial charge in [-0.1, -0.05) is 48.0 Å². The van der Waals surface area contributed by atoms with Crippen molar-refractivity contribution in [1.29, 1.82) is 0 Å². The summed E-state index contributed by atoms with van der Waals surface area (Å²) in [7, 11) is 0. The van der Waals surface area contributed by atoms with Crippen LogP contribution in [0.4, 0.5) is 5.69 Å². The minimum Gasteiger partial charge on any atom is -0.355 e. The first-order chi connectivity index (χ1) is 11.6. The highest BCUT2D eigenvalue weighted by atomic mass is 16.2. The molecular weight excluding hydrogens is 300 g/mol. The first kappa shape index (κ1) is 16.2. The van der Waals surface area contributed by atoms with Gasteiger partial charge < -0.3 is 10.2 Å². The molecule has 24 heavy (non-hydrogen) atoms. The summed E-state index contributed by atoms with van der Waals surface area (Å²) in [6.45, 7) is 3.20. The van der Waals surface area contributed by atoms with Gasteiger partial charge in [0.15, 0.2) is 0 Å². The van der Waals surface area contributed by atoms with E-state index in [9.17, 15) is 9.59 Å². The molecule has 2 aromatic carbocycles. The quantitative estimate of drug-likeness (QED) is 0.861. The average Bonchev–Trinajstić information content (AvgIpc) is 2.99. The fraction of sp³-hybridized carbons (Fsp3) is 0.300. The lowest BCUT2D eigenvalue weighted by Crippen LogP contribution is -2.37. The summed E-state index contributed by atoms with van der Waals surface area (Å²) in [5.41, 5.74) is 3.27. The van der Waals surface area contributed by atoms with Crippen molar-refractivity contribution in [3.05, 3.63) is 65.7 Å². The predicted molar refractivity (Wildman–Crippen MR) is 94.8 cm³/mol. The Balaban J connectivity index is 1.52. The predicted octanol–water partition coefficient (Wildman–Crippen LogP) is 2.71. The molecule has 2 amide bonds. The average molecular weight is 322 g/mol. The molecule has 0 aromatic heterocycles. The number of carbonyl (C=O) groups excluding carboxylic acids is 2. The van der Waals surface area contributed by atoms with Gasteiger partial charge in [-0.15, -0.1) is 0 Å². The number of hydrogen-bond donors (Lipinski definition) is 1. The maximum atomic E-state index is 12.5. The van der Waals surface area contributed by atoms with Crippen molar-refractivity contribution in [1.82, 2.24) is 5.32 Å². The maximum Gasteiger partial charge on any atom is 0.239 e. The van der Waals surface area contributed by atoms with Crippen LogP contribution >= 0.6 is 0 Å². The zero-order valence-corrected chi connectivity index (χ0v) is 13.9. The van der Waals surface area contributed by atoms with E-state index in [0.717, 1.165) is 12.1 Å². The number of aryl methyl sites for hydroxylation is 1. The third-order valence-corrected chi connectivity index (χ3v) is 4.42. The second-order valence-corrected chi connectivity index (χ2v) is 6.19. The van der Waals surface area contributed by atoms with E-state index in [2.05, 4.69) is 36.5 Å². The highest BCUT2D eigenvalue weighted by Gasteiger charge is 2.37. The Morgan fingerprint density at radius 3 is 2.54 bits per heavy atom. The number of rotatable bonds is 5. The van der Waals surface area contributed by atoms with Crippen LogP contribution in [-0.2, 0) is 16.0 Å². The molecule has 0 bridgehead atoms. The van der Waals surface area contributed by atoms with Gasteiger partial charge >= 0.3 is 0 Å². The molecule has 0 unspecified atom stereocenters. The molecule has 0 radical (unpaired) electrons. The minimum atomic E-state index is -0.566. The van der Waals surface area contributed by atoms with E-state index >= 15 is 0 Å². The smallest absolute Gasteiger partial charge is 0.239 e. The molecule has 1 saturated heterocycles. The lowest BCUT2D eigenvalue weighted by molar-refractivity contribution is -0.132. The van der Waals surface area contributed by atoms with Crippen LogP contribution in [0.5, 0.6) is 0 Å². The molecule has 4 nitrogen and oxygen atoms in total. The summed E-state index contributed by atoms with van der Waals surface area (Å²) in [5, 5.41) is 2.90. The normalized spacial score (nSPS) is 17.1. The van der Waals surface area contributed by atoms with Crippen LogP contribution in [0.15, 0.2) is 54.6 Å². The maximum absolute atomic E-state index is 12.5. The van der Waals surface area contributed by atoms with Crippen LogP contribution in [0.1, 0.15) is 17.5 Å². The molecule has 0 saturated carbocycles. The van der Waals surface area contributed by atoms with Gasteiger partial charge in [0.1, 0.15) is 5.92 Å². The Bertz CT molecular complexity index is 710. The van der Waals surface area contributed by atoms with E-state index < -0.39 is 5.92 Å². The van der Waals surface area contributed by atoms with Crippen molar-refractivity contribution in [2.75, 3.05) is 18.0 Å². The van der Waals surface area contributed by atoms with Gasteiger partial charge in [-0.2, -0.15) is 0 Å². The van der Waals surface area contributed by atoms with Gasteiger partial charge in [0.2, 0.25) is 11.8 Å². The van der Waals surface area contributed by atoms with Crippen LogP contribution in [0.2, 0.25) is 0 Å². The van der Waals surface area contributed by atoms with Crippen molar-refractivity contribution in [2.45, 2.75) is 19.8 Å². The van der Waals surface area contributed by atoms with E-state index in [-0.39, 0.29) is 11.8 Å². The molecular formula is C20H22N2O2. The number of amides is 2. The molecule has 0 spiro atoms. The van der Waals surface area contributed by atoms with E-state index in [1.54, 1.807) is 4.90 Å². The van der Waals surface area contributed by atoms with Crippen molar-refractivity contribution in [2.24, 2.45) is 5.92 Å². The minimum absolute atomic E-state index is 0.103. The van der Waals surface area contributed by atoms with Crippen molar-refractivity contribution in [3.63, 3.8) is 0 Å². The van der Waals surface area contributed by atoms with E-state index in [0.29, 0.717) is 19.5 Å². The Labute approximate surface area is 142 Å². The van der Waals surface area contributed by atoms with Crippen LogP contribution in [0, 0.1) is 12.8 Å². The van der Waals surface area contributed by atoms with Gasteiger partial charge in [-0.3, -0.25) is 9.59 Å². The fourth-order valence-corrected chi connectivity index (χ4v) is 3.00. The van der Waals surface area contributed by atoms with Gasteiger partial charge in [0.05, 0.1) is 0 Å². The molecule has 2 aromatic rings. The Morgan fingerprint density at radius 1 is 1.12 bits per heavy atom. The largest absolute Gasteiger partial charge is 0.355 e. The van der Waals surface area contributed by atoms with Crippen LogP contribution in [0.3, 0.4) is 0 Å². The molecule has 4 heteroatoms. The third kappa shape index (κ3) is 3.65. The molecule has 1 aliphatic rings. The zero-order chi connectivity index (χ0) is 16.9. The van der Waals surface area contributed by atoms with Crippen LogP contribution < -0.4 is 10.2 Å². The van der Waals surface area contributed by atoms with Gasteiger partial charge in [0.25, 0.3) is 0 Å². The summed E-state index contributed by atoms with van der Waals surface area (Å²) in [5.74, 6) is -0.831. The molecule has 1 heterocycles. The first-order valence-corrected chi connectivity index (χ1v) is 8.35. The Morgan fingerprint density at radius 2 is 1.83 bits per heavy atom. The first-order valence-electron chi connectivity index (χ1n) is 8.35. The zero-order valence-electron chi connectivity index (χ0n) is 13.9. The molecule has 1 aliphatic heterocycles. The standard InChI is InChI=1S/C20H22N2O2/c1-15-7-9-16(10-8-15)11-13-21-19(23)18-12-14-22(20(18)24)17-5-3-2-4-6-17/h2-10,18H,11-14H2,1H3,(H,21,23)/t18-/m0/s1. The number of nitrogens with zero attached hydrogens (tertiary/aromatic N) is 1. The lowest BCUT2D eigenvalue weighted by atomic mass is 10.1. The second-order valence-electron chi connectivity index (χ2n) is 6.19. The van der Waals surface area contributed by atoms with Crippen LogP contribution in [-0.4, -0.2) is 24.9 Å². The number of benzene rings is 2. The van der Waals surface area contributed by atoms with E-state index in [4.69, 9.17) is 0 Å². The summed E-state index contributed by atoms with van der Waals surface area (Å²) < 4.78 is 0. The molecule has 1 fully saturated rings. The van der Waals surface area contributed by atoms with Crippen molar-refractivity contribution >= 4 is 17.5 Å². The van der Waals surface area contributed by atoms with Crippen molar-refractivity contribution in [3.8, 4) is 0 Å². The lowest BCUT2D eigenvalue weighted by Gasteiger charge is -2.16. The highest BCUT2D eigenvalue weighted by molar-refractivity contribution is 6.09. The topological polar surface area (TPSA) is 49.4 Å². The van der Waals surface area contributed by atoms with Gasteiger partial charge in [-0.05, 0) is 37.5 Å². The number of anilines is 1. The third-order valence-electron chi connectivity index (χ3n) is 4.42. The highest BCUT2D eigenvalue weighted by Crippen LogP contribution is 2.25. The molecule has 1 N–H and O–H groups in total.